The minimum atomic E-state index is 0.886. The van der Waals surface area contributed by atoms with E-state index in [2.05, 4.69) is 50.0 Å². The molecule has 0 bridgehead atoms. The number of nitrogens with zero attached hydrogens (tertiary/aromatic N) is 2. The first kappa shape index (κ1) is 15.9. The van der Waals surface area contributed by atoms with Crippen molar-refractivity contribution in [3.05, 3.63) is 72.6 Å². The van der Waals surface area contributed by atoms with Gasteiger partial charge in [-0.05, 0) is 24.4 Å². The van der Waals surface area contributed by atoms with Gasteiger partial charge in [-0.1, -0.05) is 24.6 Å². The van der Waals surface area contributed by atoms with Gasteiger partial charge in [0.1, 0.15) is 0 Å². The zero-order chi connectivity index (χ0) is 15.1. The molecule has 0 aliphatic carbocycles. The molecule has 109 valence electrons. The van der Waals surface area contributed by atoms with Crippen molar-refractivity contribution in [3.8, 4) is 22.5 Å². The van der Waals surface area contributed by atoms with Crippen molar-refractivity contribution in [1.82, 2.24) is 9.97 Å². The molecule has 0 aliphatic heterocycles. The summed E-state index contributed by atoms with van der Waals surface area (Å²) in [4.78, 5) is 8.77. The first-order valence-corrected chi connectivity index (χ1v) is 8.76. The summed E-state index contributed by atoms with van der Waals surface area (Å²) in [5.74, 6) is 0. The van der Waals surface area contributed by atoms with Crippen molar-refractivity contribution in [3.63, 3.8) is 0 Å². The summed E-state index contributed by atoms with van der Waals surface area (Å²) in [6.07, 6.45) is 3.65. The zero-order valence-electron chi connectivity index (χ0n) is 11.4. The summed E-state index contributed by atoms with van der Waals surface area (Å²) in [5.41, 5.74) is 5.05. The topological polar surface area (TPSA) is 25.8 Å². The van der Waals surface area contributed by atoms with Crippen LogP contribution in [0, 0.1) is 13.0 Å². The molecule has 3 rings (SSSR count). The van der Waals surface area contributed by atoms with Crippen LogP contribution in [0.3, 0.4) is 0 Å². The molecule has 0 saturated carbocycles. The Balaban J connectivity index is 0.000000774. The second-order valence-corrected chi connectivity index (χ2v) is 4.39. The fourth-order valence-electron chi connectivity index (χ4n) is 1.97. The second kappa shape index (κ2) is 8.06. The number of hydrogen-bond donors (Lipinski definition) is 0. The van der Waals surface area contributed by atoms with Crippen molar-refractivity contribution >= 4 is 14.2 Å². The number of rotatable bonds is 2. The van der Waals surface area contributed by atoms with Gasteiger partial charge >= 0.3 is 27.9 Å². The molecule has 0 atom stereocenters. The Hall–Kier alpha value is -1.51. The first-order valence-electron chi connectivity index (χ1n) is 6.32. The average Bonchev–Trinajstić information content (AvgIpc) is 2.58. The Morgan fingerprint density at radius 3 is 2.33 bits per heavy atom. The zero-order valence-corrected chi connectivity index (χ0v) is 13.9. The van der Waals surface area contributed by atoms with Gasteiger partial charge in [-0.2, -0.15) is 0 Å². The maximum atomic E-state index is 4.47. The van der Waals surface area contributed by atoms with Gasteiger partial charge < -0.3 is 0 Å². The molecule has 0 radical (unpaired) electrons. The molecule has 0 unspecified atom stereocenters. The number of benzene rings is 1. The summed E-state index contributed by atoms with van der Waals surface area (Å²) in [7, 11) is 0. The SMILES string of the molecule is Cc1[c-]c(-c2ccc(-c3ccccn3)nc2)ccc1.[Ni][Br]. The minimum absolute atomic E-state index is 0.886. The molecule has 4 heteroatoms. The van der Waals surface area contributed by atoms with Crippen molar-refractivity contribution in [1.29, 1.82) is 0 Å². The summed E-state index contributed by atoms with van der Waals surface area (Å²) in [6, 6.07) is 19.3. The van der Waals surface area contributed by atoms with Crippen molar-refractivity contribution in [2.75, 3.05) is 0 Å². The van der Waals surface area contributed by atoms with Crippen molar-refractivity contribution in [2.24, 2.45) is 0 Å². The van der Waals surface area contributed by atoms with Crippen LogP contribution in [0.4, 0.5) is 0 Å². The van der Waals surface area contributed by atoms with Crippen LogP contribution < -0.4 is 0 Å². The second-order valence-electron chi connectivity index (χ2n) is 4.39. The fourth-order valence-corrected chi connectivity index (χ4v) is 1.97. The van der Waals surface area contributed by atoms with E-state index >= 15 is 0 Å². The molecule has 3 aromatic rings. The van der Waals surface area contributed by atoms with Crippen molar-refractivity contribution in [2.45, 2.75) is 6.92 Å². The van der Waals surface area contributed by atoms with Gasteiger partial charge in [0.15, 0.2) is 0 Å². The summed E-state index contributed by atoms with van der Waals surface area (Å²) >= 11 is 6.25. The van der Waals surface area contributed by atoms with Gasteiger partial charge in [0.05, 0.1) is 11.4 Å². The molecule has 1 aromatic carbocycles. The Morgan fingerprint density at radius 1 is 0.905 bits per heavy atom. The third-order valence-electron chi connectivity index (χ3n) is 2.94. The van der Waals surface area contributed by atoms with Gasteiger partial charge in [-0.3, -0.25) is 9.97 Å². The summed E-state index contributed by atoms with van der Waals surface area (Å²) < 4.78 is 0. The van der Waals surface area contributed by atoms with E-state index in [-0.39, 0.29) is 0 Å². The number of pyridine rings is 2. The number of aryl methyl sites for hydroxylation is 1. The summed E-state index contributed by atoms with van der Waals surface area (Å²) in [6.45, 7) is 2.04. The van der Waals surface area contributed by atoms with E-state index in [1.54, 1.807) is 6.20 Å². The van der Waals surface area contributed by atoms with Crippen LogP contribution in [0.2, 0.25) is 0 Å². The Labute approximate surface area is 139 Å². The number of aromatic nitrogens is 2. The van der Waals surface area contributed by atoms with E-state index < -0.39 is 0 Å². The quantitative estimate of drug-likeness (QED) is 0.471. The molecule has 2 aromatic heterocycles. The molecular weight excluding hydrogens is 371 g/mol. The van der Waals surface area contributed by atoms with E-state index in [0.29, 0.717) is 0 Å². The van der Waals surface area contributed by atoms with Gasteiger partial charge in [0.2, 0.25) is 0 Å². The predicted octanol–water partition coefficient (Wildman–Crippen LogP) is 4.76. The molecular formula is C17H13BrN2Ni-. The van der Waals surface area contributed by atoms with Gasteiger partial charge in [0, 0.05) is 6.20 Å². The predicted molar refractivity (Wildman–Crippen MR) is 85.4 cm³/mol. The van der Waals surface area contributed by atoms with E-state index in [1.807, 2.05) is 55.6 Å². The molecule has 0 saturated heterocycles. The fraction of sp³-hybridized carbons (Fsp3) is 0.0588. The molecule has 2 nitrogen and oxygen atoms in total. The normalized spacial score (nSPS) is 9.71. The van der Waals surface area contributed by atoms with Crippen LogP contribution in [0.25, 0.3) is 22.5 Å². The molecule has 0 spiro atoms. The molecule has 21 heavy (non-hydrogen) atoms. The molecule has 0 aliphatic rings. The van der Waals surface area contributed by atoms with Gasteiger partial charge in [0.25, 0.3) is 0 Å². The Bertz CT molecular complexity index is 685. The first-order chi connectivity index (χ1) is 10.3. The van der Waals surface area contributed by atoms with Crippen LogP contribution in [-0.4, -0.2) is 9.97 Å². The molecule has 0 fully saturated rings. The third kappa shape index (κ3) is 4.23. The van der Waals surface area contributed by atoms with E-state index in [4.69, 9.17) is 0 Å². The third-order valence-corrected chi connectivity index (χ3v) is 2.94. The molecule has 0 N–H and O–H groups in total. The Morgan fingerprint density at radius 2 is 1.71 bits per heavy atom. The van der Waals surface area contributed by atoms with E-state index in [1.165, 1.54) is 0 Å². The van der Waals surface area contributed by atoms with E-state index in [0.717, 1.165) is 28.1 Å². The van der Waals surface area contributed by atoms with Gasteiger partial charge in [-0.15, -0.1) is 35.4 Å². The van der Waals surface area contributed by atoms with Crippen LogP contribution in [0.1, 0.15) is 5.56 Å². The monoisotopic (exact) mass is 382 g/mol. The maximum absolute atomic E-state index is 4.47. The number of hydrogen-bond acceptors (Lipinski definition) is 2. The van der Waals surface area contributed by atoms with Crippen LogP contribution in [0.15, 0.2) is 60.9 Å². The Kier molecular flexibility index (Phi) is 6.09. The van der Waals surface area contributed by atoms with Crippen LogP contribution in [-0.2, 0) is 13.7 Å². The van der Waals surface area contributed by atoms with Gasteiger partial charge in [-0.25, -0.2) is 0 Å². The number of halogens is 1. The van der Waals surface area contributed by atoms with Crippen molar-refractivity contribution < 1.29 is 13.7 Å². The van der Waals surface area contributed by atoms with Crippen LogP contribution in [0.5, 0.6) is 0 Å². The molecule has 0 amide bonds. The average molecular weight is 384 g/mol. The molecule has 2 heterocycles. The summed E-state index contributed by atoms with van der Waals surface area (Å²) in [5, 5.41) is 0. The van der Waals surface area contributed by atoms with E-state index in [9.17, 15) is 0 Å². The standard InChI is InChI=1S/C17H13N2.BrH.Ni/c1-13-5-4-6-14(11-13)15-8-9-17(19-12-15)16-7-2-3-10-18-16;;/h2-10,12H,1H3;1H;/q-1;;+1/p-1. The van der Waals surface area contributed by atoms with Crippen LogP contribution >= 0.6 is 14.2 Å².